The second kappa shape index (κ2) is 17.3. The van der Waals surface area contributed by atoms with Gasteiger partial charge in [-0.1, -0.05) is 18.2 Å². The van der Waals surface area contributed by atoms with Crippen molar-refractivity contribution in [1.29, 1.82) is 0 Å². The van der Waals surface area contributed by atoms with Gasteiger partial charge in [-0.25, -0.2) is 9.97 Å². The third-order valence-electron chi connectivity index (χ3n) is 8.10. The van der Waals surface area contributed by atoms with Crippen LogP contribution in [0, 0.1) is 6.92 Å². The van der Waals surface area contributed by atoms with Crippen molar-refractivity contribution in [2.24, 2.45) is 10.2 Å². The topological polar surface area (TPSA) is 135 Å². The van der Waals surface area contributed by atoms with E-state index in [2.05, 4.69) is 21.3 Å². The highest BCUT2D eigenvalue weighted by Gasteiger charge is 2.30. The smallest absolute Gasteiger partial charge is 0.416 e. The molecule has 284 valence electrons. The van der Waals surface area contributed by atoms with E-state index < -0.39 is 11.7 Å². The summed E-state index contributed by atoms with van der Waals surface area (Å²) in [4.78, 5) is 9.35. The quantitative estimate of drug-likeness (QED) is 0.113. The van der Waals surface area contributed by atoms with Gasteiger partial charge in [0.25, 0.3) is 0 Å². The van der Waals surface area contributed by atoms with Crippen molar-refractivity contribution in [2.45, 2.75) is 13.1 Å². The number of aryl methyl sites for hydroxylation is 1. The molecule has 0 spiro atoms. The minimum absolute atomic E-state index is 0.225. The highest BCUT2D eigenvalue weighted by Crippen LogP contribution is 2.37. The maximum atomic E-state index is 11.9. The fourth-order valence-corrected chi connectivity index (χ4v) is 7.24. The Kier molecular flexibility index (Phi) is 12.1. The maximum absolute atomic E-state index is 11.9. The lowest BCUT2D eigenvalue weighted by atomic mass is 10.2. The van der Waals surface area contributed by atoms with Crippen LogP contribution >= 0.6 is 22.7 Å². The number of benzene rings is 6. The molecule has 0 bridgehead atoms. The molecule has 0 fully saturated rings. The van der Waals surface area contributed by atoms with E-state index in [0.29, 0.717) is 6.07 Å². The van der Waals surface area contributed by atoms with Crippen LogP contribution < -0.4 is 15.2 Å². The molecule has 8 rings (SSSR count). The number of ether oxygens (including phenoxy) is 2. The van der Waals surface area contributed by atoms with Gasteiger partial charge in [-0.15, -0.1) is 22.7 Å². The van der Waals surface area contributed by atoms with Crippen LogP contribution in [-0.2, 0) is 6.18 Å². The Morgan fingerprint density at radius 3 is 1.62 bits per heavy atom. The molecule has 0 amide bonds. The number of nitrogens with zero attached hydrogens (tertiary/aromatic N) is 4. The van der Waals surface area contributed by atoms with Crippen molar-refractivity contribution in [2.75, 3.05) is 20.0 Å². The number of phenols is 2. The standard InChI is InChI=1S/C21H17N3O2S.C14H12N2OS.C7H5F3O/c1-13-12-16(25)10-11-17(13)24-23-15-8-6-14(7-9-15)21-22-20-18(26-2)4-3-5-19(20)27-21;1-17-11-3-2-4-12-13(11)16-14(18-12)9-5-7-10(15)8-6-9;8-7(9,10)5-2-1-3-6(11)4-5/h3-12,25H,1-2H3;2-8H,15H2,1H3;1-4,11H. The van der Waals surface area contributed by atoms with Gasteiger partial charge in [0.05, 0.1) is 40.6 Å². The van der Waals surface area contributed by atoms with Crippen LogP contribution in [0.4, 0.5) is 30.2 Å². The van der Waals surface area contributed by atoms with E-state index in [4.69, 9.17) is 25.3 Å². The van der Waals surface area contributed by atoms with Crippen molar-refractivity contribution in [1.82, 2.24) is 9.97 Å². The van der Waals surface area contributed by atoms with Crippen molar-refractivity contribution in [3.8, 4) is 44.1 Å². The van der Waals surface area contributed by atoms with Gasteiger partial charge in [0.2, 0.25) is 0 Å². The maximum Gasteiger partial charge on any atom is 0.416 e. The number of aromatic hydroxyl groups is 2. The molecule has 0 saturated carbocycles. The first-order chi connectivity index (χ1) is 26.9. The molecule has 0 aliphatic heterocycles. The van der Waals surface area contributed by atoms with Gasteiger partial charge in [-0.2, -0.15) is 23.4 Å². The van der Waals surface area contributed by atoms with E-state index >= 15 is 0 Å². The molecule has 9 nitrogen and oxygen atoms in total. The van der Waals surface area contributed by atoms with Gasteiger partial charge in [-0.05, 0) is 122 Å². The normalized spacial score (nSPS) is 11.2. The van der Waals surface area contributed by atoms with E-state index in [-0.39, 0.29) is 11.5 Å². The van der Waals surface area contributed by atoms with Gasteiger partial charge >= 0.3 is 6.18 Å². The van der Waals surface area contributed by atoms with Crippen molar-refractivity contribution in [3.05, 3.63) is 139 Å². The Balaban J connectivity index is 0.000000157. The molecular weight excluding hydrogens is 760 g/mol. The number of methoxy groups -OCH3 is 2. The number of phenolic OH excluding ortho intramolecular Hbond substituents is 2. The summed E-state index contributed by atoms with van der Waals surface area (Å²) < 4.78 is 48.5. The zero-order chi connectivity index (χ0) is 39.8. The summed E-state index contributed by atoms with van der Waals surface area (Å²) in [5, 5.41) is 28.6. The largest absolute Gasteiger partial charge is 0.508 e. The minimum Gasteiger partial charge on any atom is -0.508 e. The van der Waals surface area contributed by atoms with Crippen molar-refractivity contribution >= 4 is 60.2 Å². The van der Waals surface area contributed by atoms with E-state index in [9.17, 15) is 18.3 Å². The third-order valence-corrected chi connectivity index (χ3v) is 10.2. The van der Waals surface area contributed by atoms with Crippen LogP contribution in [0.5, 0.6) is 23.0 Å². The molecule has 2 heterocycles. The van der Waals surface area contributed by atoms with Gasteiger partial charge in [0, 0.05) is 16.8 Å². The fourth-order valence-electron chi connectivity index (χ4n) is 5.26. The van der Waals surface area contributed by atoms with E-state index in [1.54, 1.807) is 55.1 Å². The first-order valence-corrected chi connectivity index (χ1v) is 18.5. The number of thiazole rings is 2. The molecule has 6 aromatic carbocycles. The van der Waals surface area contributed by atoms with Gasteiger partial charge in [0.15, 0.2) is 0 Å². The number of anilines is 1. The van der Waals surface area contributed by atoms with Crippen LogP contribution in [0.25, 0.3) is 41.6 Å². The number of hydrogen-bond donors (Lipinski definition) is 3. The summed E-state index contributed by atoms with van der Waals surface area (Å²) in [7, 11) is 3.32. The molecule has 2 aromatic heterocycles. The predicted octanol–water partition coefficient (Wildman–Crippen LogP) is 12.4. The molecule has 0 atom stereocenters. The first kappa shape index (κ1) is 39.2. The number of hydrogen-bond acceptors (Lipinski definition) is 11. The Hall–Kier alpha value is -6.51. The Labute approximate surface area is 327 Å². The average molecular weight is 794 g/mol. The molecular formula is C42H34F3N5O4S2. The number of nitrogen functional groups attached to an aromatic ring is 1. The van der Waals surface area contributed by atoms with Gasteiger partial charge in [-0.3, -0.25) is 0 Å². The molecule has 8 aromatic rings. The third kappa shape index (κ3) is 9.58. The van der Waals surface area contributed by atoms with Gasteiger partial charge in [0.1, 0.15) is 44.0 Å². The molecule has 14 heteroatoms. The number of nitrogens with two attached hydrogens (primary N) is 1. The molecule has 0 radical (unpaired) electrons. The second-order valence-electron chi connectivity index (χ2n) is 12.0. The molecule has 0 aliphatic rings. The first-order valence-electron chi connectivity index (χ1n) is 16.8. The number of azo groups is 1. The number of aromatic nitrogens is 2. The number of halogens is 3. The van der Waals surface area contributed by atoms with Crippen LogP contribution in [0.1, 0.15) is 11.1 Å². The van der Waals surface area contributed by atoms with E-state index in [1.807, 2.05) is 85.8 Å². The van der Waals surface area contributed by atoms with Crippen molar-refractivity contribution < 1.29 is 32.9 Å². The summed E-state index contributed by atoms with van der Waals surface area (Å²) in [6.45, 7) is 1.89. The highest BCUT2D eigenvalue weighted by molar-refractivity contribution is 7.22. The summed E-state index contributed by atoms with van der Waals surface area (Å²) in [5.41, 5.74) is 11.9. The van der Waals surface area contributed by atoms with Crippen LogP contribution in [0.2, 0.25) is 0 Å². The molecule has 0 unspecified atom stereocenters. The number of alkyl halides is 3. The molecule has 56 heavy (non-hydrogen) atoms. The predicted molar refractivity (Wildman–Crippen MR) is 218 cm³/mol. The lowest BCUT2D eigenvalue weighted by Crippen LogP contribution is -2.03. The van der Waals surface area contributed by atoms with Crippen molar-refractivity contribution in [3.63, 3.8) is 0 Å². The summed E-state index contributed by atoms with van der Waals surface area (Å²) in [6.07, 6.45) is -4.38. The SMILES string of the molecule is COc1cccc2sc(-c3ccc(N)cc3)nc12.COc1cccc2sc(-c3ccc(N=Nc4ccc(O)cc4C)cc3)nc12.Oc1cccc(C(F)(F)F)c1. The zero-order valence-corrected chi connectivity index (χ0v) is 31.8. The fraction of sp³-hybridized carbons (Fsp3) is 0.0952. The lowest BCUT2D eigenvalue weighted by Gasteiger charge is -2.05. The summed E-state index contributed by atoms with van der Waals surface area (Å²) >= 11 is 3.28. The number of fused-ring (bicyclic) bond motifs is 2. The Morgan fingerprint density at radius 2 is 1.14 bits per heavy atom. The second-order valence-corrected chi connectivity index (χ2v) is 14.1. The molecule has 0 aliphatic carbocycles. The van der Waals surface area contributed by atoms with Crippen LogP contribution in [0.15, 0.2) is 138 Å². The highest BCUT2D eigenvalue weighted by atomic mass is 32.1. The lowest BCUT2D eigenvalue weighted by molar-refractivity contribution is -0.137. The Morgan fingerprint density at radius 1 is 0.625 bits per heavy atom. The van der Waals surface area contributed by atoms with Crippen LogP contribution in [-0.4, -0.2) is 34.4 Å². The van der Waals surface area contributed by atoms with Gasteiger partial charge < -0.3 is 25.4 Å². The monoisotopic (exact) mass is 793 g/mol. The Bertz CT molecular complexity index is 2610. The van der Waals surface area contributed by atoms with E-state index in [0.717, 1.165) is 87.8 Å². The molecule has 0 saturated heterocycles. The average Bonchev–Trinajstić information content (AvgIpc) is 3.84. The zero-order valence-electron chi connectivity index (χ0n) is 30.2. The number of para-hydroxylation sites is 2. The number of rotatable bonds is 6. The van der Waals surface area contributed by atoms with Crippen LogP contribution in [0.3, 0.4) is 0 Å². The summed E-state index contributed by atoms with van der Waals surface area (Å²) in [5.74, 6) is 1.44. The molecule has 4 N–H and O–H groups in total. The van der Waals surface area contributed by atoms with E-state index in [1.165, 1.54) is 6.07 Å². The summed E-state index contributed by atoms with van der Waals surface area (Å²) in [6, 6.07) is 36.4. The minimum atomic E-state index is -4.38.